The highest BCUT2D eigenvalue weighted by molar-refractivity contribution is 7.26. The van der Waals surface area contributed by atoms with Gasteiger partial charge in [-0.15, -0.1) is 11.3 Å². The Morgan fingerprint density at radius 1 is 0.407 bits per heavy atom. The number of pyridine rings is 1. The average Bonchev–Trinajstić information content (AvgIpc) is 3.81. The fourth-order valence-electron chi connectivity index (χ4n) is 7.86. The Balaban J connectivity index is 1.02. The van der Waals surface area contributed by atoms with Crippen LogP contribution < -0.4 is 0 Å². The quantitative estimate of drug-likeness (QED) is 0.179. The van der Waals surface area contributed by atoms with Gasteiger partial charge in [0.05, 0.1) is 33.6 Å². The van der Waals surface area contributed by atoms with Gasteiger partial charge in [0.15, 0.2) is 5.82 Å². The molecule has 54 heavy (non-hydrogen) atoms. The van der Waals surface area contributed by atoms with Crippen LogP contribution in [-0.2, 0) is 0 Å². The van der Waals surface area contributed by atoms with Crippen LogP contribution in [0.25, 0.3) is 104 Å². The van der Waals surface area contributed by atoms with E-state index in [1.807, 2.05) is 17.4 Å². The second-order valence-corrected chi connectivity index (χ2v) is 14.7. The summed E-state index contributed by atoms with van der Waals surface area (Å²) in [6, 6.07) is 64.1. The van der Waals surface area contributed by atoms with Gasteiger partial charge >= 0.3 is 0 Å². The lowest BCUT2D eigenvalue weighted by Crippen LogP contribution is -1.97. The zero-order valence-corrected chi connectivity index (χ0v) is 29.8. The monoisotopic (exact) mass is 706 g/mol. The lowest BCUT2D eigenvalue weighted by atomic mass is 10.0. The van der Waals surface area contributed by atoms with Gasteiger partial charge in [-0.3, -0.25) is 0 Å². The van der Waals surface area contributed by atoms with Gasteiger partial charge in [0, 0.05) is 64.3 Å². The Hall–Kier alpha value is -6.95. The van der Waals surface area contributed by atoms with Crippen molar-refractivity contribution in [1.29, 1.82) is 0 Å². The van der Waals surface area contributed by atoms with E-state index in [0.717, 1.165) is 50.5 Å². The molecule has 11 rings (SSSR count). The van der Waals surface area contributed by atoms with E-state index in [0.29, 0.717) is 5.82 Å². The molecule has 0 radical (unpaired) electrons. The maximum atomic E-state index is 5.24. The van der Waals surface area contributed by atoms with Gasteiger partial charge in [-0.25, -0.2) is 15.0 Å². The van der Waals surface area contributed by atoms with Crippen molar-refractivity contribution in [3.63, 3.8) is 0 Å². The summed E-state index contributed by atoms with van der Waals surface area (Å²) in [6.45, 7) is 0. The van der Waals surface area contributed by atoms with Gasteiger partial charge in [0.1, 0.15) is 0 Å². The number of rotatable bonds is 5. The van der Waals surface area contributed by atoms with Crippen LogP contribution in [0.4, 0.5) is 0 Å². The molecule has 4 aromatic heterocycles. The van der Waals surface area contributed by atoms with Crippen molar-refractivity contribution in [2.75, 3.05) is 0 Å². The molecule has 0 aliphatic carbocycles. The minimum absolute atomic E-state index is 0.682. The average molecular weight is 707 g/mol. The predicted molar refractivity (Wildman–Crippen MR) is 226 cm³/mol. The highest BCUT2D eigenvalue weighted by Gasteiger charge is 2.18. The van der Waals surface area contributed by atoms with Gasteiger partial charge in [0.25, 0.3) is 0 Å². The number of thiophene rings is 1. The van der Waals surface area contributed by atoms with Crippen LogP contribution in [0.1, 0.15) is 0 Å². The second kappa shape index (κ2) is 12.3. The van der Waals surface area contributed by atoms with E-state index in [1.165, 1.54) is 47.4 Å². The van der Waals surface area contributed by atoms with E-state index in [4.69, 9.17) is 15.0 Å². The van der Waals surface area contributed by atoms with Crippen molar-refractivity contribution >= 4 is 64.2 Å². The molecule has 0 aliphatic heterocycles. The van der Waals surface area contributed by atoms with E-state index in [-0.39, 0.29) is 0 Å². The van der Waals surface area contributed by atoms with Crippen molar-refractivity contribution in [1.82, 2.24) is 19.5 Å². The molecular weight excluding hydrogens is 677 g/mol. The molecule has 0 atom stereocenters. The van der Waals surface area contributed by atoms with Crippen molar-refractivity contribution < 1.29 is 0 Å². The van der Waals surface area contributed by atoms with Crippen LogP contribution in [0.3, 0.4) is 0 Å². The largest absolute Gasteiger partial charge is 0.309 e. The summed E-state index contributed by atoms with van der Waals surface area (Å²) in [5.41, 5.74) is 11.4. The first-order valence-electron chi connectivity index (χ1n) is 18.1. The molecule has 0 N–H and O–H groups in total. The maximum absolute atomic E-state index is 5.24. The fourth-order valence-corrected chi connectivity index (χ4v) is 9.10. The lowest BCUT2D eigenvalue weighted by Gasteiger charge is -2.12. The van der Waals surface area contributed by atoms with E-state index in [2.05, 4.69) is 180 Å². The van der Waals surface area contributed by atoms with Crippen LogP contribution in [0, 0.1) is 0 Å². The van der Waals surface area contributed by atoms with Gasteiger partial charge in [-0.2, -0.15) is 0 Å². The third-order valence-corrected chi connectivity index (χ3v) is 11.6. The van der Waals surface area contributed by atoms with E-state index < -0.39 is 0 Å². The number of nitrogens with zero attached hydrogens (tertiary/aromatic N) is 4. The molecule has 4 nitrogen and oxygen atoms in total. The third kappa shape index (κ3) is 4.94. The first-order valence-corrected chi connectivity index (χ1v) is 18.9. The normalized spacial score (nSPS) is 11.7. The van der Waals surface area contributed by atoms with Crippen LogP contribution in [0.2, 0.25) is 0 Å². The molecule has 0 unspecified atom stereocenters. The molecule has 252 valence electrons. The molecule has 0 fully saturated rings. The molecule has 11 aromatic rings. The smallest absolute Gasteiger partial charge is 0.160 e. The predicted octanol–water partition coefficient (Wildman–Crippen LogP) is 13.2. The molecular formula is C49H30N4S. The number of benzene rings is 7. The number of para-hydroxylation sites is 3. The van der Waals surface area contributed by atoms with Crippen molar-refractivity contribution in [2.24, 2.45) is 0 Å². The Morgan fingerprint density at radius 3 is 1.65 bits per heavy atom. The van der Waals surface area contributed by atoms with E-state index >= 15 is 0 Å². The fraction of sp³-hybridized carbons (Fsp3) is 0. The van der Waals surface area contributed by atoms with Crippen LogP contribution >= 0.6 is 11.3 Å². The first kappa shape index (κ1) is 30.7. The Bertz CT molecular complexity index is 3140. The first-order chi connectivity index (χ1) is 26.8. The standard InChI is InChI=1S/C49H30N4S/c1-2-12-31(13-3-1)41-30-42(32-26-28-35(29-27-32)53-43-19-9-5-14-36(43)37-15-6-10-20-44(37)53)52-49(51-41)34-24-22-33(23-25-34)47-46-39-17-7-11-21-45(39)54-48(46)38-16-4-8-18-40(38)50-47/h1-30H. The Labute approximate surface area is 315 Å². The minimum Gasteiger partial charge on any atom is -0.309 e. The summed E-state index contributed by atoms with van der Waals surface area (Å²) in [6.07, 6.45) is 0. The molecule has 0 saturated carbocycles. The SMILES string of the molecule is c1ccc(-c2cc(-c3ccc(-n4c5ccccc5c5ccccc54)cc3)nc(-c3ccc(-c4nc5ccccc5c5sc6ccccc6c45)cc3)n2)cc1. The van der Waals surface area contributed by atoms with Crippen LogP contribution in [0.15, 0.2) is 182 Å². The van der Waals surface area contributed by atoms with Crippen LogP contribution in [0.5, 0.6) is 0 Å². The van der Waals surface area contributed by atoms with Crippen LogP contribution in [-0.4, -0.2) is 19.5 Å². The molecule has 0 amide bonds. The zero-order chi connectivity index (χ0) is 35.6. The highest BCUT2D eigenvalue weighted by atomic mass is 32.1. The van der Waals surface area contributed by atoms with Crippen molar-refractivity contribution in [3.8, 4) is 50.8 Å². The highest BCUT2D eigenvalue weighted by Crippen LogP contribution is 2.43. The summed E-state index contributed by atoms with van der Waals surface area (Å²) in [4.78, 5) is 15.5. The van der Waals surface area contributed by atoms with Crippen molar-refractivity contribution in [3.05, 3.63) is 182 Å². The summed E-state index contributed by atoms with van der Waals surface area (Å²) >= 11 is 1.84. The minimum atomic E-state index is 0.682. The van der Waals surface area contributed by atoms with Gasteiger partial charge < -0.3 is 4.57 Å². The summed E-state index contributed by atoms with van der Waals surface area (Å²) in [5, 5.41) is 6.13. The van der Waals surface area contributed by atoms with Gasteiger partial charge in [-0.05, 0) is 42.5 Å². The third-order valence-electron chi connectivity index (χ3n) is 10.4. The summed E-state index contributed by atoms with van der Waals surface area (Å²) in [7, 11) is 0. The van der Waals surface area contributed by atoms with E-state index in [1.54, 1.807) is 0 Å². The van der Waals surface area contributed by atoms with Crippen molar-refractivity contribution in [2.45, 2.75) is 0 Å². The Morgan fingerprint density at radius 2 is 0.944 bits per heavy atom. The second-order valence-electron chi connectivity index (χ2n) is 13.6. The molecule has 5 heteroatoms. The van der Waals surface area contributed by atoms with Gasteiger partial charge in [-0.1, -0.05) is 140 Å². The number of hydrogen-bond donors (Lipinski definition) is 0. The molecule has 7 aromatic carbocycles. The topological polar surface area (TPSA) is 43.6 Å². The maximum Gasteiger partial charge on any atom is 0.160 e. The number of aromatic nitrogens is 4. The molecule has 4 heterocycles. The molecule has 0 aliphatic rings. The number of fused-ring (bicyclic) bond motifs is 8. The summed E-state index contributed by atoms with van der Waals surface area (Å²) in [5.74, 6) is 0.682. The number of hydrogen-bond acceptors (Lipinski definition) is 4. The molecule has 0 spiro atoms. The van der Waals surface area contributed by atoms with E-state index in [9.17, 15) is 0 Å². The summed E-state index contributed by atoms with van der Waals surface area (Å²) < 4.78 is 4.88. The molecule has 0 saturated heterocycles. The lowest BCUT2D eigenvalue weighted by molar-refractivity contribution is 1.17. The molecule has 0 bridgehead atoms. The zero-order valence-electron chi connectivity index (χ0n) is 29.0. The Kier molecular flexibility index (Phi) is 7.00. The van der Waals surface area contributed by atoms with Gasteiger partial charge in [0.2, 0.25) is 0 Å².